The molecule has 4 heteroatoms. The number of halogens is 1. The van der Waals surface area contributed by atoms with Crippen LogP contribution in [-0.4, -0.2) is 17.1 Å². The van der Waals surface area contributed by atoms with Gasteiger partial charge in [0.1, 0.15) is 0 Å². The average Bonchev–Trinajstić information content (AvgIpc) is 2.78. The number of rotatable bonds is 2. The Bertz CT molecular complexity index is 699. The molecule has 0 unspecified atom stereocenters. The Kier molecular flexibility index (Phi) is 3.83. The molecule has 1 amide bonds. The molecule has 0 bridgehead atoms. The number of hydrogen-bond donors (Lipinski definition) is 2. The van der Waals surface area contributed by atoms with E-state index in [1.807, 2.05) is 43.3 Å². The van der Waals surface area contributed by atoms with Crippen LogP contribution in [0.4, 0.5) is 0 Å². The Labute approximate surface area is 132 Å². The van der Waals surface area contributed by atoms with Crippen molar-refractivity contribution in [1.82, 2.24) is 5.32 Å². The largest absolute Gasteiger partial charge is 0.390 e. The number of nitrogens with one attached hydrogen (secondary N) is 1. The molecule has 3 nitrogen and oxygen atoms in total. The molecular weight excluding hydrogens is 330 g/mol. The number of fused-ring (bicyclic) bond motifs is 1. The fourth-order valence-electron chi connectivity index (χ4n) is 2.82. The fraction of sp³-hybridized carbons (Fsp3) is 0.235. The van der Waals surface area contributed by atoms with Gasteiger partial charge in [-0.15, -0.1) is 0 Å². The third-order valence-corrected chi connectivity index (χ3v) is 4.86. The topological polar surface area (TPSA) is 49.3 Å². The van der Waals surface area contributed by atoms with Crippen LogP contribution in [-0.2, 0) is 6.42 Å². The highest BCUT2D eigenvalue weighted by atomic mass is 79.9. The lowest BCUT2D eigenvalue weighted by molar-refractivity contribution is 0.0857. The Morgan fingerprint density at radius 3 is 2.81 bits per heavy atom. The lowest BCUT2D eigenvalue weighted by atomic mass is 10.1. The first-order chi connectivity index (χ1) is 10.1. The highest BCUT2D eigenvalue weighted by Crippen LogP contribution is 2.31. The van der Waals surface area contributed by atoms with Crippen molar-refractivity contribution in [3.8, 4) is 0 Å². The second kappa shape index (κ2) is 5.62. The van der Waals surface area contributed by atoms with Crippen molar-refractivity contribution in [3.05, 3.63) is 69.2 Å². The summed E-state index contributed by atoms with van der Waals surface area (Å²) in [6, 6.07) is 13.0. The van der Waals surface area contributed by atoms with Crippen LogP contribution >= 0.6 is 15.9 Å². The van der Waals surface area contributed by atoms with Crippen molar-refractivity contribution in [2.45, 2.75) is 25.5 Å². The normalized spacial score (nSPS) is 20.1. The van der Waals surface area contributed by atoms with E-state index < -0.39 is 6.10 Å². The predicted molar refractivity (Wildman–Crippen MR) is 85.2 cm³/mol. The Morgan fingerprint density at radius 1 is 1.24 bits per heavy atom. The molecule has 21 heavy (non-hydrogen) atoms. The first-order valence-corrected chi connectivity index (χ1v) is 7.69. The summed E-state index contributed by atoms with van der Waals surface area (Å²) in [5.41, 5.74) is 3.63. The van der Waals surface area contributed by atoms with Crippen LogP contribution in [0.25, 0.3) is 0 Å². The van der Waals surface area contributed by atoms with Crippen molar-refractivity contribution in [2.24, 2.45) is 0 Å². The Morgan fingerprint density at radius 2 is 2.00 bits per heavy atom. The second-order valence-electron chi connectivity index (χ2n) is 5.33. The summed E-state index contributed by atoms with van der Waals surface area (Å²) < 4.78 is 0.905. The molecule has 0 aliphatic heterocycles. The molecule has 2 N–H and O–H groups in total. The quantitative estimate of drug-likeness (QED) is 0.878. The highest BCUT2D eigenvalue weighted by Gasteiger charge is 2.32. The summed E-state index contributed by atoms with van der Waals surface area (Å²) in [4.78, 5) is 12.5. The fourth-order valence-corrected chi connectivity index (χ4v) is 3.19. The molecule has 1 aliphatic rings. The molecule has 2 aromatic carbocycles. The molecule has 0 fully saturated rings. The Hall–Kier alpha value is -1.65. The van der Waals surface area contributed by atoms with Crippen LogP contribution in [0, 0.1) is 6.92 Å². The van der Waals surface area contributed by atoms with Crippen LogP contribution in [0.2, 0.25) is 0 Å². The van der Waals surface area contributed by atoms with Gasteiger partial charge in [0.05, 0.1) is 12.1 Å². The number of carbonyl (C=O) groups is 1. The van der Waals surface area contributed by atoms with E-state index in [0.717, 1.165) is 21.2 Å². The molecule has 0 saturated carbocycles. The number of aliphatic hydroxyl groups is 1. The minimum absolute atomic E-state index is 0.158. The first kappa shape index (κ1) is 14.3. The molecule has 2 aromatic rings. The van der Waals surface area contributed by atoms with Gasteiger partial charge >= 0.3 is 0 Å². The van der Waals surface area contributed by atoms with Crippen LogP contribution in [0.15, 0.2) is 46.9 Å². The van der Waals surface area contributed by atoms with Crippen molar-refractivity contribution < 1.29 is 9.90 Å². The van der Waals surface area contributed by atoms with Gasteiger partial charge in [-0.05, 0) is 35.7 Å². The summed E-state index contributed by atoms with van der Waals surface area (Å²) >= 11 is 3.44. The molecule has 0 aromatic heterocycles. The highest BCUT2D eigenvalue weighted by molar-refractivity contribution is 9.10. The lowest BCUT2D eigenvalue weighted by Crippen LogP contribution is -2.34. The second-order valence-corrected chi connectivity index (χ2v) is 6.19. The monoisotopic (exact) mass is 345 g/mol. The molecule has 2 atom stereocenters. The molecule has 0 heterocycles. The Balaban J connectivity index is 1.87. The maximum atomic E-state index is 12.5. The molecular formula is C17H16BrNO2. The van der Waals surface area contributed by atoms with E-state index in [-0.39, 0.29) is 11.9 Å². The average molecular weight is 346 g/mol. The summed E-state index contributed by atoms with van der Waals surface area (Å²) in [6.07, 6.45) is 0.0114. The number of hydrogen-bond acceptors (Lipinski definition) is 2. The van der Waals surface area contributed by atoms with E-state index in [2.05, 4.69) is 21.2 Å². The maximum Gasteiger partial charge on any atom is 0.252 e. The van der Waals surface area contributed by atoms with Gasteiger partial charge in [0, 0.05) is 16.5 Å². The third-order valence-electron chi connectivity index (χ3n) is 4.00. The first-order valence-electron chi connectivity index (χ1n) is 6.90. The van der Waals surface area contributed by atoms with E-state index in [1.54, 1.807) is 6.07 Å². The van der Waals surface area contributed by atoms with Crippen molar-refractivity contribution in [3.63, 3.8) is 0 Å². The summed E-state index contributed by atoms with van der Waals surface area (Å²) in [5, 5.41) is 13.2. The summed E-state index contributed by atoms with van der Waals surface area (Å²) in [5.74, 6) is -0.158. The summed E-state index contributed by atoms with van der Waals surface area (Å²) in [7, 11) is 0. The minimum Gasteiger partial charge on any atom is -0.390 e. The van der Waals surface area contributed by atoms with Gasteiger partial charge in [-0.1, -0.05) is 46.3 Å². The van der Waals surface area contributed by atoms with Gasteiger partial charge in [-0.2, -0.15) is 0 Å². The van der Waals surface area contributed by atoms with Gasteiger partial charge < -0.3 is 10.4 Å². The molecule has 0 radical (unpaired) electrons. The van der Waals surface area contributed by atoms with E-state index >= 15 is 0 Å². The number of carbonyl (C=O) groups excluding carboxylic acids is 1. The van der Waals surface area contributed by atoms with Gasteiger partial charge in [0.15, 0.2) is 0 Å². The standard InChI is InChI=1S/C17H16BrNO2/c1-10-12(7-4-8-14(10)18)17(21)19-16-13-6-3-2-5-11(13)9-15(16)20/h2-8,15-16,20H,9H2,1H3,(H,19,21)/t15-,16+/m1/s1. The van der Waals surface area contributed by atoms with Crippen LogP contribution in [0.1, 0.15) is 33.1 Å². The number of aliphatic hydroxyl groups excluding tert-OH is 1. The van der Waals surface area contributed by atoms with Crippen molar-refractivity contribution >= 4 is 21.8 Å². The molecule has 0 spiro atoms. The zero-order chi connectivity index (χ0) is 15.0. The third kappa shape index (κ3) is 2.61. The zero-order valence-corrected chi connectivity index (χ0v) is 13.2. The van der Waals surface area contributed by atoms with Gasteiger partial charge in [0.2, 0.25) is 0 Å². The van der Waals surface area contributed by atoms with Crippen LogP contribution in [0.5, 0.6) is 0 Å². The van der Waals surface area contributed by atoms with Crippen LogP contribution < -0.4 is 5.32 Å². The van der Waals surface area contributed by atoms with Gasteiger partial charge in [-0.25, -0.2) is 0 Å². The van der Waals surface area contributed by atoms with E-state index in [9.17, 15) is 9.90 Å². The SMILES string of the molecule is Cc1c(Br)cccc1C(=O)N[C@H]1c2ccccc2C[C@H]1O. The predicted octanol–water partition coefficient (Wildman–Crippen LogP) is 3.15. The number of benzene rings is 2. The lowest BCUT2D eigenvalue weighted by Gasteiger charge is -2.19. The van der Waals surface area contributed by atoms with E-state index in [0.29, 0.717) is 12.0 Å². The van der Waals surface area contributed by atoms with Gasteiger partial charge in [0.25, 0.3) is 5.91 Å². The smallest absolute Gasteiger partial charge is 0.252 e. The van der Waals surface area contributed by atoms with E-state index in [4.69, 9.17) is 0 Å². The van der Waals surface area contributed by atoms with Crippen molar-refractivity contribution in [1.29, 1.82) is 0 Å². The molecule has 3 rings (SSSR count). The maximum absolute atomic E-state index is 12.5. The van der Waals surface area contributed by atoms with Gasteiger partial charge in [-0.3, -0.25) is 4.79 Å². The summed E-state index contributed by atoms with van der Waals surface area (Å²) in [6.45, 7) is 1.90. The molecule has 108 valence electrons. The molecule has 0 saturated heterocycles. The minimum atomic E-state index is -0.571. The molecule has 1 aliphatic carbocycles. The van der Waals surface area contributed by atoms with Crippen molar-refractivity contribution in [2.75, 3.05) is 0 Å². The zero-order valence-electron chi connectivity index (χ0n) is 11.6. The van der Waals surface area contributed by atoms with E-state index in [1.165, 1.54) is 0 Å². The number of amides is 1. The van der Waals surface area contributed by atoms with Crippen LogP contribution in [0.3, 0.4) is 0 Å².